The van der Waals surface area contributed by atoms with Crippen LogP contribution in [0.2, 0.25) is 0 Å². The van der Waals surface area contributed by atoms with Gasteiger partial charge >= 0.3 is 17.9 Å². The fourth-order valence-corrected chi connectivity index (χ4v) is 5.25. The zero-order chi connectivity index (χ0) is 24.2. The van der Waals surface area contributed by atoms with Crippen LogP contribution in [-0.4, -0.2) is 54.1 Å². The van der Waals surface area contributed by atoms with E-state index in [1.807, 2.05) is 29.2 Å². The van der Waals surface area contributed by atoms with E-state index in [1.165, 1.54) is 29.2 Å². The van der Waals surface area contributed by atoms with Crippen LogP contribution in [0.5, 0.6) is 0 Å². The molecule has 2 aromatic rings. The number of nitrogens with two attached hydrogens (primary N) is 1. The molecule has 0 aliphatic heterocycles. The molecule has 0 amide bonds. The maximum atomic E-state index is 13.4. The number of hydrogen-bond acceptors (Lipinski definition) is 7. The fraction of sp³-hybridized carbons (Fsp3) is 0.444. The van der Waals surface area contributed by atoms with E-state index in [1.54, 1.807) is 6.92 Å². The SMILES string of the molecule is CCOC(=O)[C@H](C1Cc2ccccc2C1)N(CC(=O)OC(=O)[C@H](C)N)C1Cc2ccccc2C1. The molecule has 4 rings (SSSR count). The largest absolute Gasteiger partial charge is 0.465 e. The van der Waals surface area contributed by atoms with Gasteiger partial charge in [-0.2, -0.15) is 0 Å². The number of nitrogens with zero attached hydrogens (tertiary/aromatic N) is 1. The summed E-state index contributed by atoms with van der Waals surface area (Å²) in [4.78, 5) is 40.1. The van der Waals surface area contributed by atoms with E-state index in [0.29, 0.717) is 12.8 Å². The Hall–Kier alpha value is -3.03. The van der Waals surface area contributed by atoms with Crippen molar-refractivity contribution in [3.63, 3.8) is 0 Å². The lowest BCUT2D eigenvalue weighted by molar-refractivity contribution is -0.163. The minimum absolute atomic E-state index is 0.0444. The summed E-state index contributed by atoms with van der Waals surface area (Å²) in [5.74, 6) is -1.87. The fourth-order valence-electron chi connectivity index (χ4n) is 5.25. The van der Waals surface area contributed by atoms with Crippen molar-refractivity contribution in [2.75, 3.05) is 13.2 Å². The highest BCUT2D eigenvalue weighted by molar-refractivity contribution is 5.89. The van der Waals surface area contributed by atoms with Crippen molar-refractivity contribution in [3.8, 4) is 0 Å². The predicted octanol–water partition coefficient (Wildman–Crippen LogP) is 2.22. The molecule has 0 bridgehead atoms. The van der Waals surface area contributed by atoms with Crippen LogP contribution < -0.4 is 5.73 Å². The molecular formula is C27H32N2O5. The third-order valence-corrected chi connectivity index (χ3v) is 6.81. The van der Waals surface area contributed by atoms with E-state index in [4.69, 9.17) is 15.2 Å². The van der Waals surface area contributed by atoms with Crippen molar-refractivity contribution in [3.05, 3.63) is 70.8 Å². The summed E-state index contributed by atoms with van der Waals surface area (Å²) in [5.41, 5.74) is 10.4. The lowest BCUT2D eigenvalue weighted by Gasteiger charge is -2.37. The van der Waals surface area contributed by atoms with E-state index in [-0.39, 0.29) is 31.1 Å². The quantitative estimate of drug-likeness (QED) is 0.472. The van der Waals surface area contributed by atoms with Crippen LogP contribution in [0, 0.1) is 5.92 Å². The van der Waals surface area contributed by atoms with E-state index >= 15 is 0 Å². The van der Waals surface area contributed by atoms with Crippen LogP contribution in [0.3, 0.4) is 0 Å². The van der Waals surface area contributed by atoms with Gasteiger partial charge in [-0.15, -0.1) is 0 Å². The first-order chi connectivity index (χ1) is 16.4. The van der Waals surface area contributed by atoms with E-state index in [0.717, 1.165) is 12.8 Å². The summed E-state index contributed by atoms with van der Waals surface area (Å²) < 4.78 is 10.5. The normalized spacial score (nSPS) is 17.2. The highest BCUT2D eigenvalue weighted by Crippen LogP contribution is 2.35. The summed E-state index contributed by atoms with van der Waals surface area (Å²) in [5, 5.41) is 0. The number of carbonyl (C=O) groups excluding carboxylic acids is 3. The Morgan fingerprint density at radius 3 is 1.88 bits per heavy atom. The molecule has 2 aliphatic carbocycles. The minimum atomic E-state index is -0.904. The topological polar surface area (TPSA) is 98.9 Å². The maximum absolute atomic E-state index is 13.4. The third-order valence-electron chi connectivity index (χ3n) is 6.81. The van der Waals surface area contributed by atoms with Gasteiger partial charge in [0.2, 0.25) is 0 Å². The van der Waals surface area contributed by atoms with Gasteiger partial charge in [-0.25, -0.2) is 4.79 Å². The average Bonchev–Trinajstić information content (AvgIpc) is 3.42. The van der Waals surface area contributed by atoms with Crippen LogP contribution in [0.25, 0.3) is 0 Å². The Balaban J connectivity index is 1.64. The lowest BCUT2D eigenvalue weighted by atomic mass is 9.93. The van der Waals surface area contributed by atoms with Gasteiger partial charge in [0.1, 0.15) is 12.1 Å². The second kappa shape index (κ2) is 10.5. The highest BCUT2D eigenvalue weighted by atomic mass is 16.6. The Bertz CT molecular complexity index is 1020. The molecule has 7 nitrogen and oxygen atoms in total. The summed E-state index contributed by atoms with van der Waals surface area (Å²) in [6.07, 6.45) is 2.87. The molecule has 2 N–H and O–H groups in total. The van der Waals surface area contributed by atoms with Gasteiger partial charge in [-0.05, 0) is 67.7 Å². The standard InChI is InChI=1S/C27H32N2O5/c1-3-33-27(32)25(22-12-18-8-4-5-9-19(18)13-22)29(16-24(30)34-26(31)17(2)28)23-14-20-10-6-7-11-21(20)15-23/h4-11,17,22-23,25H,3,12-16,28H2,1-2H3/t17-,25-/m0/s1. The summed E-state index contributed by atoms with van der Waals surface area (Å²) in [6, 6.07) is 14.7. The van der Waals surface area contributed by atoms with Crippen molar-refractivity contribution in [2.24, 2.45) is 11.7 Å². The Morgan fingerprint density at radius 2 is 1.41 bits per heavy atom. The van der Waals surface area contributed by atoms with Crippen molar-refractivity contribution in [1.29, 1.82) is 0 Å². The smallest absolute Gasteiger partial charge is 0.330 e. The monoisotopic (exact) mass is 464 g/mol. The van der Waals surface area contributed by atoms with E-state index < -0.39 is 24.0 Å². The molecule has 0 heterocycles. The molecule has 0 fully saturated rings. The molecule has 0 saturated carbocycles. The molecule has 0 spiro atoms. The number of ether oxygens (including phenoxy) is 2. The zero-order valence-electron chi connectivity index (χ0n) is 19.7. The van der Waals surface area contributed by atoms with Gasteiger partial charge in [0.25, 0.3) is 0 Å². The Morgan fingerprint density at radius 1 is 0.912 bits per heavy atom. The number of esters is 3. The number of fused-ring (bicyclic) bond motifs is 2. The third kappa shape index (κ3) is 5.21. The molecule has 2 aliphatic rings. The second-order valence-electron chi connectivity index (χ2n) is 9.22. The molecule has 0 saturated heterocycles. The van der Waals surface area contributed by atoms with Crippen LogP contribution in [0.4, 0.5) is 0 Å². The molecule has 0 radical (unpaired) electrons. The Kier molecular flexibility index (Phi) is 7.44. The van der Waals surface area contributed by atoms with Crippen LogP contribution in [0.1, 0.15) is 36.1 Å². The average molecular weight is 465 g/mol. The molecule has 2 atom stereocenters. The van der Waals surface area contributed by atoms with Crippen LogP contribution in [-0.2, 0) is 49.5 Å². The van der Waals surface area contributed by atoms with Gasteiger partial charge in [-0.3, -0.25) is 14.5 Å². The van der Waals surface area contributed by atoms with Crippen molar-refractivity contribution >= 4 is 17.9 Å². The lowest BCUT2D eigenvalue weighted by Crippen LogP contribution is -2.54. The number of benzene rings is 2. The summed E-state index contributed by atoms with van der Waals surface area (Å²) in [6.45, 7) is 3.32. The van der Waals surface area contributed by atoms with Gasteiger partial charge in [0.05, 0.1) is 13.2 Å². The second-order valence-corrected chi connectivity index (χ2v) is 9.22. The van der Waals surface area contributed by atoms with Gasteiger partial charge < -0.3 is 15.2 Å². The first-order valence-electron chi connectivity index (χ1n) is 11.9. The van der Waals surface area contributed by atoms with Gasteiger partial charge in [-0.1, -0.05) is 48.5 Å². The predicted molar refractivity (Wildman–Crippen MR) is 127 cm³/mol. The van der Waals surface area contributed by atoms with Gasteiger partial charge in [0, 0.05) is 6.04 Å². The zero-order valence-corrected chi connectivity index (χ0v) is 19.7. The van der Waals surface area contributed by atoms with Crippen molar-refractivity contribution in [1.82, 2.24) is 4.90 Å². The molecule has 0 unspecified atom stereocenters. The first-order valence-corrected chi connectivity index (χ1v) is 11.9. The number of hydrogen-bond donors (Lipinski definition) is 1. The Labute approximate surface area is 200 Å². The van der Waals surface area contributed by atoms with Crippen LogP contribution >= 0.6 is 0 Å². The molecule has 7 heteroatoms. The molecular weight excluding hydrogens is 432 g/mol. The molecule has 0 aromatic heterocycles. The molecule has 34 heavy (non-hydrogen) atoms. The maximum Gasteiger partial charge on any atom is 0.330 e. The summed E-state index contributed by atoms with van der Waals surface area (Å²) in [7, 11) is 0. The van der Waals surface area contributed by atoms with Crippen LogP contribution in [0.15, 0.2) is 48.5 Å². The number of rotatable bonds is 8. The summed E-state index contributed by atoms with van der Waals surface area (Å²) >= 11 is 0. The van der Waals surface area contributed by atoms with E-state index in [9.17, 15) is 14.4 Å². The minimum Gasteiger partial charge on any atom is -0.465 e. The molecule has 180 valence electrons. The van der Waals surface area contributed by atoms with E-state index in [2.05, 4.69) is 24.3 Å². The van der Waals surface area contributed by atoms with Gasteiger partial charge in [0.15, 0.2) is 0 Å². The highest BCUT2D eigenvalue weighted by Gasteiger charge is 2.43. The van der Waals surface area contributed by atoms with Crippen molar-refractivity contribution in [2.45, 2.75) is 57.7 Å². The number of carbonyl (C=O) groups is 3. The first kappa shape index (κ1) is 24.1. The van der Waals surface area contributed by atoms with Crippen molar-refractivity contribution < 1.29 is 23.9 Å². The molecule has 2 aromatic carbocycles.